The molecular weight excluding hydrogens is 543 g/mol. The number of hydrogen-bond donors (Lipinski definition) is 2. The van der Waals surface area contributed by atoms with Gasteiger partial charge in [0.05, 0.1) is 41.2 Å². The largest absolute Gasteiger partial charge is 0.507 e. The van der Waals surface area contributed by atoms with Gasteiger partial charge in [-0.05, 0) is 43.3 Å². The summed E-state index contributed by atoms with van der Waals surface area (Å²) in [6, 6.07) is 6.04. The fraction of sp³-hybridized carbons (Fsp3) is 0.462. The van der Waals surface area contributed by atoms with Crippen LogP contribution in [0.25, 0.3) is 10.2 Å². The Kier molecular flexibility index (Phi) is 12.2. The highest BCUT2D eigenvalue weighted by Gasteiger charge is 2.31. The van der Waals surface area contributed by atoms with Crippen LogP contribution in [0.1, 0.15) is 42.3 Å². The maximum absolute atomic E-state index is 12.9. The molecule has 3 aromatic rings. The van der Waals surface area contributed by atoms with Crippen molar-refractivity contribution in [2.24, 2.45) is 5.92 Å². The summed E-state index contributed by atoms with van der Waals surface area (Å²) in [5.41, 5.74) is -0.107. The first-order chi connectivity index (χ1) is 17.8. The predicted molar refractivity (Wildman–Crippen MR) is 145 cm³/mol. The molecule has 2 aromatic carbocycles. The SMILES string of the molecule is CC(C)C.COCCOCCN(C)Cc1cc(Cl)cc(C(=O)Nc2nc3ccc(C(F)(F)F)cc3s2)c1O. The Morgan fingerprint density at radius 2 is 1.87 bits per heavy atom. The standard InChI is InChI=1S/C22H23ClF3N3O4S.C4H10/c1-29(5-6-33-8-7-32-2)12-13-9-15(23)11-16(19(13)30)20(31)28-21-27-17-4-3-14(22(24,25)26)10-18(17)34-21;1-4(2)3/h3-4,9-11,30H,5-8,12H2,1-2H3,(H,27,28,31);4H,1-3H3. The average molecular weight is 576 g/mol. The number of phenolic OH excluding ortho intramolecular Hbond substituents is 1. The number of amides is 1. The summed E-state index contributed by atoms with van der Waals surface area (Å²) in [5, 5.41) is 13.6. The van der Waals surface area contributed by atoms with E-state index in [1.165, 1.54) is 12.1 Å². The van der Waals surface area contributed by atoms with E-state index in [4.69, 9.17) is 21.1 Å². The third kappa shape index (κ3) is 10.0. The minimum Gasteiger partial charge on any atom is -0.507 e. The van der Waals surface area contributed by atoms with Crippen LogP contribution < -0.4 is 5.32 Å². The van der Waals surface area contributed by atoms with E-state index in [0.29, 0.717) is 44.0 Å². The zero-order valence-electron chi connectivity index (χ0n) is 22.0. The zero-order chi connectivity index (χ0) is 28.5. The number of halogens is 4. The van der Waals surface area contributed by atoms with Gasteiger partial charge in [0.15, 0.2) is 5.13 Å². The highest BCUT2D eigenvalue weighted by molar-refractivity contribution is 7.22. The lowest BCUT2D eigenvalue weighted by Gasteiger charge is -2.18. The van der Waals surface area contributed by atoms with Gasteiger partial charge < -0.3 is 14.6 Å². The topological polar surface area (TPSA) is 83.9 Å². The maximum atomic E-state index is 12.9. The Morgan fingerprint density at radius 1 is 1.18 bits per heavy atom. The molecule has 0 saturated heterocycles. The first-order valence-electron chi connectivity index (χ1n) is 11.9. The van der Waals surface area contributed by atoms with Gasteiger partial charge in [0.25, 0.3) is 5.91 Å². The molecule has 0 atom stereocenters. The van der Waals surface area contributed by atoms with E-state index in [1.807, 2.05) is 11.9 Å². The van der Waals surface area contributed by atoms with Gasteiger partial charge in [-0.25, -0.2) is 4.98 Å². The number of alkyl halides is 3. The first-order valence-corrected chi connectivity index (χ1v) is 13.1. The number of phenols is 1. The van der Waals surface area contributed by atoms with Crippen LogP contribution in [0.2, 0.25) is 5.02 Å². The molecule has 0 bridgehead atoms. The van der Waals surface area contributed by atoms with Crippen molar-refractivity contribution in [1.29, 1.82) is 0 Å². The van der Waals surface area contributed by atoms with Crippen molar-refractivity contribution in [3.63, 3.8) is 0 Å². The van der Waals surface area contributed by atoms with Gasteiger partial charge >= 0.3 is 6.18 Å². The number of benzene rings is 2. The van der Waals surface area contributed by atoms with E-state index in [-0.39, 0.29) is 26.2 Å². The molecule has 210 valence electrons. The summed E-state index contributed by atoms with van der Waals surface area (Å²) >= 11 is 7.07. The molecular formula is C26H33ClF3N3O4S. The molecule has 0 aliphatic carbocycles. The molecule has 1 heterocycles. The molecule has 0 aliphatic rings. The third-order valence-electron chi connectivity index (χ3n) is 4.82. The molecule has 1 aromatic heterocycles. The number of anilines is 1. The Morgan fingerprint density at radius 3 is 2.50 bits per heavy atom. The van der Waals surface area contributed by atoms with Crippen molar-refractivity contribution in [2.75, 3.05) is 45.8 Å². The summed E-state index contributed by atoms with van der Waals surface area (Å²) < 4.78 is 49.4. The van der Waals surface area contributed by atoms with Crippen molar-refractivity contribution < 1.29 is 32.5 Å². The van der Waals surface area contributed by atoms with Crippen molar-refractivity contribution in [3.05, 3.63) is 52.0 Å². The van der Waals surface area contributed by atoms with E-state index >= 15 is 0 Å². The lowest BCUT2D eigenvalue weighted by Crippen LogP contribution is -2.24. The van der Waals surface area contributed by atoms with Crippen LogP contribution in [0, 0.1) is 5.92 Å². The zero-order valence-corrected chi connectivity index (χ0v) is 23.6. The molecule has 0 fully saturated rings. The van der Waals surface area contributed by atoms with E-state index < -0.39 is 17.6 Å². The minimum atomic E-state index is -4.48. The van der Waals surface area contributed by atoms with Crippen LogP contribution >= 0.6 is 22.9 Å². The number of rotatable bonds is 10. The highest BCUT2D eigenvalue weighted by atomic mass is 35.5. The number of aromatic hydroxyl groups is 1. The van der Waals surface area contributed by atoms with Crippen molar-refractivity contribution in [3.8, 4) is 5.75 Å². The van der Waals surface area contributed by atoms with Crippen molar-refractivity contribution >= 4 is 44.2 Å². The summed E-state index contributed by atoms with van der Waals surface area (Å²) in [7, 11) is 3.42. The Balaban J connectivity index is 0.00000118. The number of nitrogens with zero attached hydrogens (tertiary/aromatic N) is 2. The van der Waals surface area contributed by atoms with Crippen LogP contribution in [0.4, 0.5) is 18.3 Å². The number of methoxy groups -OCH3 is 1. The lowest BCUT2D eigenvalue weighted by atomic mass is 10.1. The third-order valence-corrected chi connectivity index (χ3v) is 5.98. The first kappa shape index (κ1) is 31.8. The van der Waals surface area contributed by atoms with Gasteiger partial charge in [-0.3, -0.25) is 15.0 Å². The smallest absolute Gasteiger partial charge is 0.416 e. The molecule has 0 spiro atoms. The molecule has 7 nitrogen and oxygen atoms in total. The Labute approximate surface area is 229 Å². The number of carbonyl (C=O) groups excluding carboxylic acids is 1. The monoisotopic (exact) mass is 575 g/mol. The molecule has 3 rings (SSSR count). The molecule has 0 radical (unpaired) electrons. The fourth-order valence-electron chi connectivity index (χ4n) is 3.10. The summed E-state index contributed by atoms with van der Waals surface area (Å²) in [6.45, 7) is 8.81. The number of carbonyl (C=O) groups is 1. The molecule has 12 heteroatoms. The number of aromatic nitrogens is 1. The lowest BCUT2D eigenvalue weighted by molar-refractivity contribution is -0.137. The molecule has 0 unspecified atom stereocenters. The predicted octanol–water partition coefficient (Wildman–Crippen LogP) is 6.68. The maximum Gasteiger partial charge on any atom is 0.416 e. The van der Waals surface area contributed by atoms with Crippen molar-refractivity contribution in [2.45, 2.75) is 33.5 Å². The van der Waals surface area contributed by atoms with Gasteiger partial charge in [0.2, 0.25) is 0 Å². The van der Waals surface area contributed by atoms with Crippen LogP contribution in [0.3, 0.4) is 0 Å². The van der Waals surface area contributed by atoms with E-state index in [2.05, 4.69) is 31.1 Å². The van der Waals surface area contributed by atoms with Gasteiger partial charge in [-0.15, -0.1) is 0 Å². The Hall–Kier alpha value is -2.44. The van der Waals surface area contributed by atoms with E-state index in [1.54, 1.807) is 13.2 Å². The molecule has 2 N–H and O–H groups in total. The quantitative estimate of drug-likeness (QED) is 0.262. The molecule has 38 heavy (non-hydrogen) atoms. The number of likely N-dealkylation sites (N-methyl/N-ethyl adjacent to an activating group) is 1. The van der Waals surface area contributed by atoms with Crippen LogP contribution in [-0.2, 0) is 22.2 Å². The second kappa shape index (κ2) is 14.6. The average Bonchev–Trinajstić information content (AvgIpc) is 3.21. The summed E-state index contributed by atoms with van der Waals surface area (Å²) in [4.78, 5) is 18.9. The highest BCUT2D eigenvalue weighted by Crippen LogP contribution is 2.35. The van der Waals surface area contributed by atoms with Gasteiger partial charge in [0, 0.05) is 30.8 Å². The number of fused-ring (bicyclic) bond motifs is 1. The normalized spacial score (nSPS) is 11.7. The fourth-order valence-corrected chi connectivity index (χ4v) is 4.24. The second-order valence-corrected chi connectivity index (χ2v) is 10.7. The van der Waals surface area contributed by atoms with Crippen LogP contribution in [-0.4, -0.2) is 61.4 Å². The number of nitrogens with one attached hydrogen (secondary N) is 1. The number of ether oxygens (including phenoxy) is 2. The molecule has 1 amide bonds. The van der Waals surface area contributed by atoms with Crippen molar-refractivity contribution in [1.82, 2.24) is 9.88 Å². The molecule has 0 saturated carbocycles. The van der Waals surface area contributed by atoms with Gasteiger partial charge in [-0.1, -0.05) is 43.7 Å². The van der Waals surface area contributed by atoms with E-state index in [0.717, 1.165) is 29.4 Å². The van der Waals surface area contributed by atoms with E-state index in [9.17, 15) is 23.1 Å². The summed E-state index contributed by atoms with van der Waals surface area (Å²) in [6.07, 6.45) is -4.48. The molecule has 0 aliphatic heterocycles. The summed E-state index contributed by atoms with van der Waals surface area (Å²) in [5.74, 6) is -0.0866. The van der Waals surface area contributed by atoms with Gasteiger partial charge in [-0.2, -0.15) is 13.2 Å². The van der Waals surface area contributed by atoms with Gasteiger partial charge in [0.1, 0.15) is 5.75 Å². The van der Waals surface area contributed by atoms with Crippen LogP contribution in [0.15, 0.2) is 30.3 Å². The number of hydrogen-bond acceptors (Lipinski definition) is 7. The van der Waals surface area contributed by atoms with Crippen LogP contribution in [0.5, 0.6) is 5.75 Å². The Bertz CT molecular complexity index is 1200. The number of thiazole rings is 1. The minimum absolute atomic E-state index is 0.0671. The second-order valence-electron chi connectivity index (χ2n) is 9.19.